The maximum atomic E-state index is 12.9. The fourth-order valence-corrected chi connectivity index (χ4v) is 5.42. The summed E-state index contributed by atoms with van der Waals surface area (Å²) in [5, 5.41) is 16.2. The zero-order valence-electron chi connectivity index (χ0n) is 20.7. The van der Waals surface area contributed by atoms with Gasteiger partial charge in [0.2, 0.25) is 0 Å². The van der Waals surface area contributed by atoms with Crippen LogP contribution in [0.4, 0.5) is 5.69 Å². The van der Waals surface area contributed by atoms with E-state index in [2.05, 4.69) is 15.3 Å². The van der Waals surface area contributed by atoms with Crippen LogP contribution in [-0.2, 0) is 4.79 Å². The normalized spacial score (nSPS) is 14.1. The summed E-state index contributed by atoms with van der Waals surface area (Å²) in [4.78, 5) is 36.2. The number of aromatic nitrogens is 2. The second-order valence-corrected chi connectivity index (χ2v) is 10.1. The van der Waals surface area contributed by atoms with Gasteiger partial charge in [0, 0.05) is 36.0 Å². The molecular formula is C28H28N4O4S. The minimum absolute atomic E-state index is 0.0218. The van der Waals surface area contributed by atoms with Crippen LogP contribution in [0, 0.1) is 13.8 Å². The largest absolute Gasteiger partial charge is 0.506 e. The average molecular weight is 517 g/mol. The number of rotatable bonds is 6. The van der Waals surface area contributed by atoms with Crippen LogP contribution in [0.2, 0.25) is 0 Å². The molecule has 2 amide bonds. The summed E-state index contributed by atoms with van der Waals surface area (Å²) >= 11 is 1.47. The molecule has 0 aliphatic carbocycles. The number of nitrogens with zero attached hydrogens (tertiary/aromatic N) is 3. The predicted molar refractivity (Wildman–Crippen MR) is 143 cm³/mol. The third kappa shape index (κ3) is 5.41. The number of hydrogen-bond donors (Lipinski definition) is 2. The molecule has 1 fully saturated rings. The molecule has 0 atom stereocenters. The number of nitrogens with one attached hydrogen (secondary N) is 1. The highest BCUT2D eigenvalue weighted by molar-refractivity contribution is 7.10. The number of hydrogen-bond acceptors (Lipinski definition) is 7. The standard InChI is InChI=1S/C28H28N4O4S/c1-17-5-6-20(14-18(17)2)36-15-25(34)32-12-9-19(10-13-32)28-31-23(16-37-28)27(35)30-22-7-8-24(33)26-21(22)4-3-11-29-26/h3-8,11,14,16,19,33H,9-10,12-13,15H2,1-2H3,(H,30,35). The van der Waals surface area contributed by atoms with E-state index in [9.17, 15) is 14.7 Å². The van der Waals surface area contributed by atoms with Gasteiger partial charge in [0.1, 0.15) is 22.7 Å². The van der Waals surface area contributed by atoms with Crippen molar-refractivity contribution in [3.8, 4) is 11.5 Å². The number of phenols is 1. The number of aryl methyl sites for hydroxylation is 2. The molecule has 0 saturated carbocycles. The number of amides is 2. The molecular weight excluding hydrogens is 488 g/mol. The second-order valence-electron chi connectivity index (χ2n) is 9.25. The summed E-state index contributed by atoms with van der Waals surface area (Å²) in [5.74, 6) is 0.638. The van der Waals surface area contributed by atoms with Gasteiger partial charge in [-0.15, -0.1) is 11.3 Å². The Kier molecular flexibility index (Phi) is 7.05. The molecule has 4 aromatic rings. The van der Waals surface area contributed by atoms with Crippen LogP contribution in [0.1, 0.15) is 45.4 Å². The summed E-state index contributed by atoms with van der Waals surface area (Å²) in [6.45, 7) is 5.35. The highest BCUT2D eigenvalue weighted by Crippen LogP contribution is 2.32. The lowest BCUT2D eigenvalue weighted by atomic mass is 9.97. The number of thiazole rings is 1. The van der Waals surface area contributed by atoms with E-state index in [1.807, 2.05) is 36.9 Å². The van der Waals surface area contributed by atoms with E-state index in [4.69, 9.17) is 4.74 Å². The third-order valence-electron chi connectivity index (χ3n) is 6.79. The zero-order valence-corrected chi connectivity index (χ0v) is 21.5. The zero-order chi connectivity index (χ0) is 25.9. The molecule has 3 heterocycles. The molecule has 190 valence electrons. The van der Waals surface area contributed by atoms with E-state index in [1.54, 1.807) is 29.8 Å². The second kappa shape index (κ2) is 10.6. The maximum absolute atomic E-state index is 12.9. The molecule has 0 unspecified atom stereocenters. The number of anilines is 1. The van der Waals surface area contributed by atoms with Gasteiger partial charge in [-0.25, -0.2) is 4.98 Å². The van der Waals surface area contributed by atoms with Gasteiger partial charge < -0.3 is 20.1 Å². The van der Waals surface area contributed by atoms with Gasteiger partial charge in [0.25, 0.3) is 11.8 Å². The highest BCUT2D eigenvalue weighted by atomic mass is 32.1. The van der Waals surface area contributed by atoms with E-state index in [0.29, 0.717) is 41.1 Å². The topological polar surface area (TPSA) is 105 Å². The van der Waals surface area contributed by atoms with Gasteiger partial charge in [-0.1, -0.05) is 6.07 Å². The lowest BCUT2D eigenvalue weighted by Gasteiger charge is -2.31. The quantitative estimate of drug-likeness (QED) is 0.348. The van der Waals surface area contributed by atoms with Gasteiger partial charge >= 0.3 is 0 Å². The van der Waals surface area contributed by atoms with Crippen LogP contribution in [0.25, 0.3) is 10.9 Å². The Morgan fingerprint density at radius 3 is 2.73 bits per heavy atom. The first-order chi connectivity index (χ1) is 17.9. The number of pyridine rings is 1. The number of carbonyl (C=O) groups excluding carboxylic acids is 2. The number of fused-ring (bicyclic) bond motifs is 1. The van der Waals surface area contributed by atoms with E-state index < -0.39 is 0 Å². The number of benzene rings is 2. The fourth-order valence-electron chi connectivity index (χ4n) is 4.45. The SMILES string of the molecule is Cc1ccc(OCC(=O)N2CCC(c3nc(C(=O)Nc4ccc(O)c5ncccc45)cs3)CC2)cc1C. The van der Waals surface area contributed by atoms with Crippen molar-refractivity contribution in [3.05, 3.63) is 75.9 Å². The van der Waals surface area contributed by atoms with Crippen molar-refractivity contribution in [1.29, 1.82) is 0 Å². The van der Waals surface area contributed by atoms with Gasteiger partial charge in [-0.05, 0) is 74.2 Å². The van der Waals surface area contributed by atoms with Crippen molar-refractivity contribution in [2.45, 2.75) is 32.6 Å². The van der Waals surface area contributed by atoms with Crippen LogP contribution in [-0.4, -0.2) is 51.5 Å². The molecule has 37 heavy (non-hydrogen) atoms. The Bertz CT molecular complexity index is 1460. The van der Waals surface area contributed by atoms with Crippen LogP contribution >= 0.6 is 11.3 Å². The summed E-state index contributed by atoms with van der Waals surface area (Å²) in [5.41, 5.74) is 3.67. The van der Waals surface area contributed by atoms with Crippen molar-refractivity contribution in [3.63, 3.8) is 0 Å². The van der Waals surface area contributed by atoms with Crippen molar-refractivity contribution < 1.29 is 19.4 Å². The molecule has 1 aliphatic rings. The smallest absolute Gasteiger partial charge is 0.275 e. The Hall–Kier alpha value is -3.98. The Morgan fingerprint density at radius 2 is 1.95 bits per heavy atom. The summed E-state index contributed by atoms with van der Waals surface area (Å²) in [6.07, 6.45) is 3.17. The number of phenolic OH excluding ortho intramolecular Hbond substituents is 1. The minimum atomic E-state index is -0.311. The van der Waals surface area contributed by atoms with Gasteiger partial charge in [-0.2, -0.15) is 0 Å². The summed E-state index contributed by atoms with van der Waals surface area (Å²) in [6, 6.07) is 12.6. The van der Waals surface area contributed by atoms with E-state index >= 15 is 0 Å². The third-order valence-corrected chi connectivity index (χ3v) is 7.80. The fraction of sp³-hybridized carbons (Fsp3) is 0.286. The molecule has 9 heteroatoms. The van der Waals surface area contributed by atoms with Gasteiger partial charge in [0.05, 0.1) is 10.7 Å². The van der Waals surface area contributed by atoms with Crippen LogP contribution < -0.4 is 10.1 Å². The Labute approximate surface area is 218 Å². The van der Waals surface area contributed by atoms with Crippen molar-refractivity contribution in [1.82, 2.24) is 14.9 Å². The highest BCUT2D eigenvalue weighted by Gasteiger charge is 2.26. The number of aromatic hydroxyl groups is 1. The van der Waals surface area contributed by atoms with Crippen molar-refractivity contribution >= 4 is 39.7 Å². The molecule has 0 spiro atoms. The number of likely N-dealkylation sites (tertiary alicyclic amines) is 1. The molecule has 5 rings (SSSR count). The van der Waals surface area contributed by atoms with Crippen LogP contribution in [0.15, 0.2) is 54.0 Å². The number of ether oxygens (including phenoxy) is 1. The maximum Gasteiger partial charge on any atom is 0.275 e. The van der Waals surface area contributed by atoms with Crippen molar-refractivity contribution in [2.24, 2.45) is 0 Å². The molecule has 2 aromatic heterocycles. The predicted octanol–water partition coefficient (Wildman–Crippen LogP) is 5.05. The van der Waals surface area contributed by atoms with E-state index in [0.717, 1.165) is 23.4 Å². The first-order valence-electron chi connectivity index (χ1n) is 12.2. The first kappa shape index (κ1) is 24.7. The molecule has 2 aromatic carbocycles. The number of carbonyl (C=O) groups is 2. The van der Waals surface area contributed by atoms with Gasteiger partial charge in [0.15, 0.2) is 6.61 Å². The minimum Gasteiger partial charge on any atom is -0.506 e. The Morgan fingerprint density at radius 1 is 1.14 bits per heavy atom. The van der Waals surface area contributed by atoms with Crippen molar-refractivity contribution in [2.75, 3.05) is 25.0 Å². The number of piperidine rings is 1. The molecule has 0 bridgehead atoms. The molecule has 1 saturated heterocycles. The lowest BCUT2D eigenvalue weighted by molar-refractivity contribution is -0.134. The van der Waals surface area contributed by atoms with E-state index in [1.165, 1.54) is 23.0 Å². The summed E-state index contributed by atoms with van der Waals surface area (Å²) in [7, 11) is 0. The van der Waals surface area contributed by atoms with Crippen LogP contribution in [0.3, 0.4) is 0 Å². The Balaban J connectivity index is 1.16. The molecule has 8 nitrogen and oxygen atoms in total. The molecule has 0 radical (unpaired) electrons. The van der Waals surface area contributed by atoms with Crippen LogP contribution in [0.5, 0.6) is 11.5 Å². The first-order valence-corrected chi connectivity index (χ1v) is 13.1. The van der Waals surface area contributed by atoms with E-state index in [-0.39, 0.29) is 30.1 Å². The molecule has 1 aliphatic heterocycles. The monoisotopic (exact) mass is 516 g/mol. The van der Waals surface area contributed by atoms with Gasteiger partial charge in [-0.3, -0.25) is 14.6 Å². The lowest BCUT2D eigenvalue weighted by Crippen LogP contribution is -2.40. The summed E-state index contributed by atoms with van der Waals surface area (Å²) < 4.78 is 5.72. The average Bonchev–Trinajstić information content (AvgIpc) is 3.42. The molecule has 2 N–H and O–H groups in total.